The van der Waals surface area contributed by atoms with Gasteiger partial charge in [-0.15, -0.1) is 0 Å². The van der Waals surface area contributed by atoms with Gasteiger partial charge in [-0.05, 0) is 36.5 Å². The molecule has 0 radical (unpaired) electrons. The SMILES string of the molecule is CCCC[C@H](CO)[C@H](C)/C=C/c1ccco1. The summed E-state index contributed by atoms with van der Waals surface area (Å²) in [5, 5.41) is 9.32. The molecule has 1 aromatic rings. The Morgan fingerprint density at radius 1 is 1.50 bits per heavy atom. The van der Waals surface area contributed by atoms with Crippen molar-refractivity contribution >= 4 is 6.08 Å². The first-order valence-corrected chi connectivity index (χ1v) is 6.10. The number of unbranched alkanes of at least 4 members (excludes halogenated alkanes) is 1. The van der Waals surface area contributed by atoms with E-state index in [0.29, 0.717) is 11.8 Å². The lowest BCUT2D eigenvalue weighted by atomic mass is 9.89. The molecule has 1 rings (SSSR count). The van der Waals surface area contributed by atoms with Crippen molar-refractivity contribution in [1.29, 1.82) is 0 Å². The molecule has 0 saturated carbocycles. The molecule has 2 nitrogen and oxygen atoms in total. The lowest BCUT2D eigenvalue weighted by Gasteiger charge is -2.18. The minimum atomic E-state index is 0.268. The number of furan rings is 1. The zero-order valence-electron chi connectivity index (χ0n) is 10.2. The van der Waals surface area contributed by atoms with Crippen LogP contribution in [0.1, 0.15) is 38.9 Å². The van der Waals surface area contributed by atoms with Gasteiger partial charge in [0.15, 0.2) is 0 Å². The van der Waals surface area contributed by atoms with Crippen LogP contribution in [-0.4, -0.2) is 11.7 Å². The number of hydrogen-bond donors (Lipinski definition) is 1. The predicted octanol–water partition coefficient (Wildman–Crippen LogP) is 3.73. The standard InChI is InChI=1S/C14H22O2/c1-3-4-6-13(11-15)12(2)8-9-14-7-5-10-16-14/h5,7-10,12-13,15H,3-4,6,11H2,1-2H3/b9-8+/t12-,13-/m1/s1. The summed E-state index contributed by atoms with van der Waals surface area (Å²) >= 11 is 0. The van der Waals surface area contributed by atoms with Crippen molar-refractivity contribution < 1.29 is 9.52 Å². The van der Waals surface area contributed by atoms with E-state index in [1.54, 1.807) is 6.26 Å². The highest BCUT2D eigenvalue weighted by atomic mass is 16.3. The van der Waals surface area contributed by atoms with Crippen molar-refractivity contribution in [1.82, 2.24) is 0 Å². The molecule has 90 valence electrons. The van der Waals surface area contributed by atoms with Crippen molar-refractivity contribution in [2.75, 3.05) is 6.61 Å². The van der Waals surface area contributed by atoms with Crippen LogP contribution < -0.4 is 0 Å². The van der Waals surface area contributed by atoms with Gasteiger partial charge in [0, 0.05) is 6.61 Å². The summed E-state index contributed by atoms with van der Waals surface area (Å²) in [5.41, 5.74) is 0. The number of rotatable bonds is 7. The first-order chi connectivity index (χ1) is 7.77. The Morgan fingerprint density at radius 2 is 2.31 bits per heavy atom. The number of hydrogen-bond acceptors (Lipinski definition) is 2. The maximum atomic E-state index is 9.32. The smallest absolute Gasteiger partial charge is 0.126 e. The van der Waals surface area contributed by atoms with Crippen molar-refractivity contribution in [3.05, 3.63) is 30.2 Å². The second-order valence-electron chi connectivity index (χ2n) is 4.32. The number of aliphatic hydroxyl groups excluding tert-OH is 1. The molecular weight excluding hydrogens is 200 g/mol. The Bertz CT molecular complexity index is 288. The summed E-state index contributed by atoms with van der Waals surface area (Å²) in [6.07, 6.45) is 9.24. The normalized spacial score (nSPS) is 15.4. The maximum Gasteiger partial charge on any atom is 0.126 e. The molecule has 1 aromatic heterocycles. The summed E-state index contributed by atoms with van der Waals surface area (Å²) < 4.78 is 5.23. The first-order valence-electron chi connectivity index (χ1n) is 6.10. The molecule has 0 aliphatic rings. The molecule has 0 saturated heterocycles. The van der Waals surface area contributed by atoms with E-state index in [4.69, 9.17) is 4.42 Å². The molecule has 0 aromatic carbocycles. The van der Waals surface area contributed by atoms with Gasteiger partial charge in [-0.2, -0.15) is 0 Å². The monoisotopic (exact) mass is 222 g/mol. The van der Waals surface area contributed by atoms with Gasteiger partial charge in [0.2, 0.25) is 0 Å². The van der Waals surface area contributed by atoms with E-state index in [2.05, 4.69) is 19.9 Å². The lowest BCUT2D eigenvalue weighted by molar-refractivity contribution is 0.189. The fourth-order valence-corrected chi connectivity index (χ4v) is 1.78. The highest BCUT2D eigenvalue weighted by Gasteiger charge is 2.13. The molecule has 0 aliphatic heterocycles. The van der Waals surface area contributed by atoms with Gasteiger partial charge in [-0.1, -0.05) is 32.8 Å². The van der Waals surface area contributed by atoms with Crippen LogP contribution in [-0.2, 0) is 0 Å². The van der Waals surface area contributed by atoms with Gasteiger partial charge in [0.1, 0.15) is 5.76 Å². The zero-order chi connectivity index (χ0) is 11.8. The molecule has 1 heterocycles. The minimum Gasteiger partial charge on any atom is -0.465 e. The zero-order valence-corrected chi connectivity index (χ0v) is 10.2. The van der Waals surface area contributed by atoms with Crippen LogP contribution in [0.5, 0.6) is 0 Å². The molecule has 2 atom stereocenters. The van der Waals surface area contributed by atoms with Gasteiger partial charge in [-0.25, -0.2) is 0 Å². The van der Waals surface area contributed by atoms with Crippen LogP contribution in [0, 0.1) is 11.8 Å². The summed E-state index contributed by atoms with van der Waals surface area (Å²) in [6.45, 7) is 4.59. The van der Waals surface area contributed by atoms with Crippen LogP contribution >= 0.6 is 0 Å². The summed E-state index contributed by atoms with van der Waals surface area (Å²) in [6, 6.07) is 3.81. The van der Waals surface area contributed by atoms with Crippen molar-refractivity contribution in [3.63, 3.8) is 0 Å². The van der Waals surface area contributed by atoms with Crippen LogP contribution in [0.2, 0.25) is 0 Å². The fraction of sp³-hybridized carbons (Fsp3) is 0.571. The summed E-state index contributed by atoms with van der Waals surface area (Å²) in [5.74, 6) is 1.63. The van der Waals surface area contributed by atoms with E-state index in [0.717, 1.165) is 12.2 Å². The predicted molar refractivity (Wildman–Crippen MR) is 67.0 cm³/mol. The third-order valence-corrected chi connectivity index (χ3v) is 3.01. The lowest BCUT2D eigenvalue weighted by Crippen LogP contribution is -2.14. The van der Waals surface area contributed by atoms with Crippen molar-refractivity contribution in [2.45, 2.75) is 33.1 Å². The van der Waals surface area contributed by atoms with E-state index in [9.17, 15) is 5.11 Å². The molecule has 0 aliphatic carbocycles. The van der Waals surface area contributed by atoms with Crippen molar-refractivity contribution in [2.24, 2.45) is 11.8 Å². The molecule has 2 heteroatoms. The first kappa shape index (κ1) is 13.0. The Labute approximate surface area is 98.0 Å². The van der Waals surface area contributed by atoms with E-state index in [-0.39, 0.29) is 6.61 Å². The third kappa shape index (κ3) is 4.23. The molecule has 0 amide bonds. The van der Waals surface area contributed by atoms with E-state index in [1.807, 2.05) is 18.2 Å². The van der Waals surface area contributed by atoms with Crippen LogP contribution in [0.25, 0.3) is 6.08 Å². The molecule has 16 heavy (non-hydrogen) atoms. The summed E-state index contributed by atoms with van der Waals surface area (Å²) in [4.78, 5) is 0. The Balaban J connectivity index is 2.45. The van der Waals surface area contributed by atoms with E-state index >= 15 is 0 Å². The second kappa shape index (κ2) is 7.29. The van der Waals surface area contributed by atoms with Gasteiger partial charge in [0.05, 0.1) is 6.26 Å². The number of allylic oxidation sites excluding steroid dienone is 1. The molecule has 0 bridgehead atoms. The van der Waals surface area contributed by atoms with E-state index < -0.39 is 0 Å². The summed E-state index contributed by atoms with van der Waals surface area (Å²) in [7, 11) is 0. The van der Waals surface area contributed by atoms with Gasteiger partial charge in [0.25, 0.3) is 0 Å². The quantitative estimate of drug-likeness (QED) is 0.762. The number of aliphatic hydroxyl groups is 1. The maximum absolute atomic E-state index is 9.32. The average molecular weight is 222 g/mol. The molecule has 0 spiro atoms. The minimum absolute atomic E-state index is 0.268. The van der Waals surface area contributed by atoms with Crippen molar-refractivity contribution in [3.8, 4) is 0 Å². The highest BCUT2D eigenvalue weighted by Crippen LogP contribution is 2.20. The van der Waals surface area contributed by atoms with Gasteiger partial charge >= 0.3 is 0 Å². The van der Waals surface area contributed by atoms with Crippen LogP contribution in [0.15, 0.2) is 28.9 Å². The highest BCUT2D eigenvalue weighted by molar-refractivity contribution is 5.42. The Morgan fingerprint density at radius 3 is 2.88 bits per heavy atom. The second-order valence-corrected chi connectivity index (χ2v) is 4.32. The van der Waals surface area contributed by atoms with Crippen LogP contribution in [0.3, 0.4) is 0 Å². The third-order valence-electron chi connectivity index (χ3n) is 3.01. The topological polar surface area (TPSA) is 33.4 Å². The molecule has 1 N–H and O–H groups in total. The molecular formula is C14H22O2. The van der Waals surface area contributed by atoms with E-state index in [1.165, 1.54) is 12.8 Å². The molecule has 0 unspecified atom stereocenters. The average Bonchev–Trinajstić information content (AvgIpc) is 2.80. The van der Waals surface area contributed by atoms with Gasteiger partial charge < -0.3 is 9.52 Å². The largest absolute Gasteiger partial charge is 0.465 e. The fourth-order valence-electron chi connectivity index (χ4n) is 1.78. The molecule has 0 fully saturated rings. The Kier molecular flexibility index (Phi) is 5.94. The van der Waals surface area contributed by atoms with Crippen LogP contribution in [0.4, 0.5) is 0 Å². The Hall–Kier alpha value is -1.02. The van der Waals surface area contributed by atoms with Gasteiger partial charge in [-0.3, -0.25) is 0 Å².